The van der Waals surface area contributed by atoms with E-state index >= 15 is 0 Å². The summed E-state index contributed by atoms with van der Waals surface area (Å²) in [6.45, 7) is 0.936. The fraction of sp³-hybridized carbons (Fsp3) is 0.207. The molecule has 2 nitrogen and oxygen atoms in total. The predicted octanol–water partition coefficient (Wildman–Crippen LogP) is 7.94. The summed E-state index contributed by atoms with van der Waals surface area (Å²) in [6, 6.07) is 25.2. The molecule has 5 rings (SSSR count). The normalized spacial score (nSPS) is 11.5. The zero-order valence-corrected chi connectivity index (χ0v) is 18.5. The van der Waals surface area contributed by atoms with Gasteiger partial charge in [0, 0.05) is 45.7 Å². The molecule has 0 saturated heterocycles. The smallest absolute Gasteiger partial charge is 0.138 e. The van der Waals surface area contributed by atoms with Gasteiger partial charge in [0.2, 0.25) is 0 Å². The van der Waals surface area contributed by atoms with Gasteiger partial charge in [-0.25, -0.2) is 8.78 Å². The van der Waals surface area contributed by atoms with Gasteiger partial charge >= 0.3 is 0 Å². The molecule has 3 aromatic carbocycles. The van der Waals surface area contributed by atoms with Gasteiger partial charge in [0.15, 0.2) is 0 Å². The van der Waals surface area contributed by atoms with Crippen molar-refractivity contribution in [2.45, 2.75) is 38.6 Å². The van der Waals surface area contributed by atoms with E-state index in [9.17, 15) is 8.78 Å². The predicted molar refractivity (Wildman–Crippen MR) is 131 cm³/mol. The Hall–Kier alpha value is -3.53. The number of para-hydroxylation sites is 2. The van der Waals surface area contributed by atoms with E-state index in [0.29, 0.717) is 17.7 Å². The fourth-order valence-corrected chi connectivity index (χ4v) is 4.72. The average Bonchev–Trinajstić information content (AvgIpc) is 3.17. The van der Waals surface area contributed by atoms with Crippen LogP contribution in [0.15, 0.2) is 85.1 Å². The van der Waals surface area contributed by atoms with Crippen LogP contribution in [0.1, 0.15) is 31.2 Å². The van der Waals surface area contributed by atoms with Crippen LogP contribution in [0.25, 0.3) is 33.1 Å². The highest BCUT2D eigenvalue weighted by Crippen LogP contribution is 2.29. The van der Waals surface area contributed by atoms with E-state index < -0.39 is 11.6 Å². The molecule has 0 unspecified atom stereocenters. The average molecular weight is 441 g/mol. The number of aryl methyl sites for hydroxylation is 1. The van der Waals surface area contributed by atoms with Gasteiger partial charge < -0.3 is 4.57 Å². The molecule has 0 saturated carbocycles. The Bertz CT molecular complexity index is 1340. The first-order chi connectivity index (χ1) is 16.2. The van der Waals surface area contributed by atoms with Crippen LogP contribution in [-0.4, -0.2) is 9.55 Å². The molecule has 2 aromatic heterocycles. The quantitative estimate of drug-likeness (QED) is 0.224. The molecule has 0 aliphatic rings. The van der Waals surface area contributed by atoms with Crippen molar-refractivity contribution in [1.82, 2.24) is 9.55 Å². The highest BCUT2D eigenvalue weighted by Gasteiger charge is 2.15. The SMILES string of the molecule is Fc1ccc(-c2ccccn2)c(F)c1CCCCCCn1c2ccccc2c2ccccc21. The Kier molecular flexibility index (Phi) is 6.16. The summed E-state index contributed by atoms with van der Waals surface area (Å²) in [5, 5.41) is 2.57. The lowest BCUT2D eigenvalue weighted by molar-refractivity contribution is 0.537. The summed E-state index contributed by atoms with van der Waals surface area (Å²) < 4.78 is 31.7. The van der Waals surface area contributed by atoms with Crippen molar-refractivity contribution in [3.05, 3.63) is 102 Å². The van der Waals surface area contributed by atoms with Crippen LogP contribution in [0, 0.1) is 11.6 Å². The highest BCUT2D eigenvalue weighted by molar-refractivity contribution is 6.07. The van der Waals surface area contributed by atoms with Crippen LogP contribution in [0.4, 0.5) is 8.78 Å². The lowest BCUT2D eigenvalue weighted by Crippen LogP contribution is -2.00. The number of fused-ring (bicyclic) bond motifs is 3. The second-order valence-electron chi connectivity index (χ2n) is 8.45. The van der Waals surface area contributed by atoms with Gasteiger partial charge in [-0.2, -0.15) is 0 Å². The van der Waals surface area contributed by atoms with E-state index in [1.54, 1.807) is 18.3 Å². The highest BCUT2D eigenvalue weighted by atomic mass is 19.1. The molecule has 4 heteroatoms. The maximum atomic E-state index is 15.0. The molecule has 0 spiro atoms. The molecule has 0 radical (unpaired) electrons. The van der Waals surface area contributed by atoms with Gasteiger partial charge in [0.05, 0.1) is 5.69 Å². The van der Waals surface area contributed by atoms with Gasteiger partial charge in [-0.1, -0.05) is 55.3 Å². The molecule has 0 bridgehead atoms. The van der Waals surface area contributed by atoms with Crippen molar-refractivity contribution in [3.8, 4) is 11.3 Å². The summed E-state index contributed by atoms with van der Waals surface area (Å²) in [4.78, 5) is 4.20. The van der Waals surface area contributed by atoms with Crippen molar-refractivity contribution in [3.63, 3.8) is 0 Å². The van der Waals surface area contributed by atoms with Crippen LogP contribution in [0.5, 0.6) is 0 Å². The topological polar surface area (TPSA) is 17.8 Å². The number of benzene rings is 3. The minimum atomic E-state index is -0.487. The lowest BCUT2D eigenvalue weighted by Gasteiger charge is -2.10. The molecule has 166 valence electrons. The number of hydrogen-bond acceptors (Lipinski definition) is 1. The first-order valence-corrected chi connectivity index (χ1v) is 11.6. The molecule has 0 aliphatic heterocycles. The van der Waals surface area contributed by atoms with Gasteiger partial charge in [-0.15, -0.1) is 0 Å². The Morgan fingerprint density at radius 2 is 1.33 bits per heavy atom. The molecule has 0 N–H and O–H groups in total. The third kappa shape index (κ3) is 4.25. The first kappa shape index (κ1) is 21.3. The van der Waals surface area contributed by atoms with Crippen LogP contribution in [-0.2, 0) is 13.0 Å². The zero-order valence-electron chi connectivity index (χ0n) is 18.5. The molecule has 33 heavy (non-hydrogen) atoms. The second-order valence-corrected chi connectivity index (χ2v) is 8.45. The molecule has 5 aromatic rings. The standard InChI is InChI=1S/C29H26F2N2/c30-25-18-17-24(26-14-8-9-19-32-26)29(31)23(25)13-3-1-2-10-20-33-27-15-6-4-11-21(27)22-12-5-7-16-28(22)33/h4-9,11-12,14-19H,1-3,10,13,20H2. The lowest BCUT2D eigenvalue weighted by atomic mass is 10.0. The van der Waals surface area contributed by atoms with Gasteiger partial charge in [0.1, 0.15) is 11.6 Å². The molecule has 2 heterocycles. The van der Waals surface area contributed by atoms with Crippen molar-refractivity contribution in [1.29, 1.82) is 0 Å². The monoisotopic (exact) mass is 440 g/mol. The Morgan fingerprint density at radius 1 is 0.667 bits per heavy atom. The van der Waals surface area contributed by atoms with Crippen molar-refractivity contribution in [2.75, 3.05) is 0 Å². The molecule has 0 aliphatic carbocycles. The minimum Gasteiger partial charge on any atom is -0.340 e. The molecule has 0 atom stereocenters. The number of unbranched alkanes of at least 4 members (excludes halogenated alkanes) is 3. The van der Waals surface area contributed by atoms with Crippen LogP contribution in [0.3, 0.4) is 0 Å². The number of pyridine rings is 1. The zero-order chi connectivity index (χ0) is 22.6. The third-order valence-electron chi connectivity index (χ3n) is 6.37. The van der Waals surface area contributed by atoms with Gasteiger partial charge in [0.25, 0.3) is 0 Å². The van der Waals surface area contributed by atoms with E-state index in [-0.39, 0.29) is 5.56 Å². The summed E-state index contributed by atoms with van der Waals surface area (Å²) in [5.74, 6) is -0.962. The Labute approximate surface area is 192 Å². The summed E-state index contributed by atoms with van der Waals surface area (Å²) in [5.41, 5.74) is 3.57. The molecule has 0 fully saturated rings. The fourth-order valence-electron chi connectivity index (χ4n) is 4.72. The largest absolute Gasteiger partial charge is 0.340 e. The number of aromatic nitrogens is 2. The van der Waals surface area contributed by atoms with E-state index in [2.05, 4.69) is 58.1 Å². The van der Waals surface area contributed by atoms with E-state index in [4.69, 9.17) is 0 Å². The van der Waals surface area contributed by atoms with Crippen molar-refractivity contribution >= 4 is 21.8 Å². The third-order valence-corrected chi connectivity index (χ3v) is 6.37. The maximum Gasteiger partial charge on any atom is 0.138 e. The number of nitrogens with zero attached hydrogens (tertiary/aromatic N) is 2. The van der Waals surface area contributed by atoms with Crippen molar-refractivity contribution < 1.29 is 8.78 Å². The molecular weight excluding hydrogens is 414 g/mol. The van der Waals surface area contributed by atoms with Gasteiger partial charge in [-0.3, -0.25) is 4.98 Å². The minimum absolute atomic E-state index is 0.167. The number of rotatable bonds is 8. The first-order valence-electron chi connectivity index (χ1n) is 11.6. The van der Waals surface area contributed by atoms with E-state index in [1.807, 2.05) is 6.07 Å². The number of hydrogen-bond donors (Lipinski definition) is 0. The summed E-state index contributed by atoms with van der Waals surface area (Å²) in [6.07, 6.45) is 5.75. The number of halogens is 2. The van der Waals surface area contributed by atoms with E-state index in [1.165, 1.54) is 33.9 Å². The molecule has 0 amide bonds. The summed E-state index contributed by atoms with van der Waals surface area (Å²) in [7, 11) is 0. The Balaban J connectivity index is 1.21. The van der Waals surface area contributed by atoms with Crippen LogP contribution in [0.2, 0.25) is 0 Å². The maximum absolute atomic E-state index is 15.0. The Morgan fingerprint density at radius 3 is 2.03 bits per heavy atom. The van der Waals surface area contributed by atoms with Crippen LogP contribution < -0.4 is 0 Å². The second kappa shape index (κ2) is 9.53. The molecular formula is C29H26F2N2. The summed E-state index contributed by atoms with van der Waals surface area (Å²) >= 11 is 0. The van der Waals surface area contributed by atoms with Gasteiger partial charge in [-0.05, 0) is 55.7 Å². The van der Waals surface area contributed by atoms with Crippen LogP contribution >= 0.6 is 0 Å². The van der Waals surface area contributed by atoms with Crippen molar-refractivity contribution in [2.24, 2.45) is 0 Å². The van der Waals surface area contributed by atoms with E-state index in [0.717, 1.165) is 32.2 Å².